The lowest BCUT2D eigenvalue weighted by atomic mass is 10.2. The van der Waals surface area contributed by atoms with E-state index in [0.717, 1.165) is 0 Å². The highest BCUT2D eigenvalue weighted by atomic mass is 16.4. The Labute approximate surface area is 103 Å². The van der Waals surface area contributed by atoms with E-state index in [1.54, 1.807) is 26.0 Å². The number of carbonyl (C=O) groups is 2. The third-order valence-electron chi connectivity index (χ3n) is 2.48. The number of aryl methyl sites for hydroxylation is 2. The van der Waals surface area contributed by atoms with Crippen LogP contribution >= 0.6 is 0 Å². The number of hydrogen-bond acceptors (Lipinski definition) is 3. The molecule has 1 amide bonds. The number of carboxylic acid groups (broad SMARTS) is 1. The monoisotopic (exact) mass is 248 g/mol. The first-order valence-corrected chi connectivity index (χ1v) is 5.27. The highest BCUT2D eigenvalue weighted by molar-refractivity contribution is 6.06. The Bertz CT molecular complexity index is 609. The summed E-state index contributed by atoms with van der Waals surface area (Å²) in [6.07, 6.45) is 1.41. The highest BCUT2D eigenvalue weighted by Gasteiger charge is 2.18. The number of carbonyl (C=O) groups excluding carboxylic acids is 1. The van der Waals surface area contributed by atoms with Crippen LogP contribution in [0.15, 0.2) is 22.8 Å². The van der Waals surface area contributed by atoms with E-state index in [1.807, 2.05) is 0 Å². The first-order chi connectivity index (χ1) is 8.49. The zero-order valence-electron chi connectivity index (χ0n) is 9.90. The molecular weight excluding hydrogens is 236 g/mol. The zero-order valence-corrected chi connectivity index (χ0v) is 9.90. The van der Waals surface area contributed by atoms with Crippen LogP contribution in [0.4, 0.5) is 5.69 Å². The fourth-order valence-corrected chi connectivity index (χ4v) is 1.64. The van der Waals surface area contributed by atoms with Crippen LogP contribution in [0.5, 0.6) is 0 Å². The van der Waals surface area contributed by atoms with E-state index < -0.39 is 11.9 Å². The molecule has 2 rings (SSSR count). The number of nitrogens with one attached hydrogen (secondary N) is 2. The number of aromatic nitrogens is 1. The van der Waals surface area contributed by atoms with Gasteiger partial charge in [-0.15, -0.1) is 0 Å². The molecular formula is C12H12N2O4. The Kier molecular flexibility index (Phi) is 2.93. The van der Waals surface area contributed by atoms with Crippen molar-refractivity contribution in [3.8, 4) is 0 Å². The molecule has 0 aliphatic heterocycles. The van der Waals surface area contributed by atoms with Gasteiger partial charge in [-0.3, -0.25) is 4.79 Å². The van der Waals surface area contributed by atoms with Gasteiger partial charge in [-0.1, -0.05) is 0 Å². The van der Waals surface area contributed by atoms with Crippen molar-refractivity contribution in [3.05, 3.63) is 41.1 Å². The van der Waals surface area contributed by atoms with Crippen molar-refractivity contribution < 1.29 is 19.1 Å². The maximum atomic E-state index is 11.9. The second kappa shape index (κ2) is 4.40. The van der Waals surface area contributed by atoms with Crippen LogP contribution in [0, 0.1) is 13.8 Å². The summed E-state index contributed by atoms with van der Waals surface area (Å²) in [6, 6.07) is 3.22. The van der Waals surface area contributed by atoms with Crippen molar-refractivity contribution in [1.82, 2.24) is 4.98 Å². The number of aromatic amines is 1. The van der Waals surface area contributed by atoms with E-state index in [0.29, 0.717) is 11.3 Å². The molecule has 2 aromatic rings. The lowest BCUT2D eigenvalue weighted by molar-refractivity contribution is 0.0692. The van der Waals surface area contributed by atoms with Crippen LogP contribution in [0.2, 0.25) is 0 Å². The Morgan fingerprint density at radius 1 is 1.39 bits per heavy atom. The summed E-state index contributed by atoms with van der Waals surface area (Å²) >= 11 is 0. The highest BCUT2D eigenvalue weighted by Crippen LogP contribution is 2.19. The van der Waals surface area contributed by atoms with E-state index in [4.69, 9.17) is 9.52 Å². The first-order valence-electron chi connectivity index (χ1n) is 5.27. The molecule has 6 heteroatoms. The summed E-state index contributed by atoms with van der Waals surface area (Å²) in [5.41, 5.74) is 1.52. The maximum Gasteiger partial charge on any atom is 0.354 e. The van der Waals surface area contributed by atoms with Gasteiger partial charge in [-0.05, 0) is 26.0 Å². The second-order valence-corrected chi connectivity index (χ2v) is 3.93. The largest absolute Gasteiger partial charge is 0.477 e. The number of hydrogen-bond donors (Lipinski definition) is 3. The minimum Gasteiger partial charge on any atom is -0.477 e. The Morgan fingerprint density at radius 3 is 2.67 bits per heavy atom. The Balaban J connectivity index is 2.27. The molecule has 18 heavy (non-hydrogen) atoms. The molecule has 3 N–H and O–H groups in total. The summed E-state index contributed by atoms with van der Waals surface area (Å²) in [6.45, 7) is 3.44. The fourth-order valence-electron chi connectivity index (χ4n) is 1.64. The van der Waals surface area contributed by atoms with Gasteiger partial charge in [0.2, 0.25) is 0 Å². The molecule has 0 radical (unpaired) electrons. The van der Waals surface area contributed by atoms with E-state index >= 15 is 0 Å². The molecule has 0 atom stereocenters. The normalized spacial score (nSPS) is 10.3. The molecule has 0 aliphatic rings. The van der Waals surface area contributed by atoms with Crippen molar-refractivity contribution in [3.63, 3.8) is 0 Å². The smallest absolute Gasteiger partial charge is 0.354 e. The molecule has 6 nitrogen and oxygen atoms in total. The van der Waals surface area contributed by atoms with Crippen LogP contribution in [0.3, 0.4) is 0 Å². The number of aromatic carboxylic acids is 1. The Morgan fingerprint density at radius 2 is 2.11 bits per heavy atom. The van der Waals surface area contributed by atoms with Gasteiger partial charge in [-0.25, -0.2) is 4.79 Å². The van der Waals surface area contributed by atoms with Gasteiger partial charge in [0.25, 0.3) is 5.91 Å². The van der Waals surface area contributed by atoms with Gasteiger partial charge >= 0.3 is 5.97 Å². The van der Waals surface area contributed by atoms with Crippen LogP contribution in [-0.2, 0) is 0 Å². The van der Waals surface area contributed by atoms with E-state index in [9.17, 15) is 9.59 Å². The van der Waals surface area contributed by atoms with E-state index in [-0.39, 0.29) is 17.1 Å². The Hall–Kier alpha value is -2.50. The lowest BCUT2D eigenvalue weighted by Gasteiger charge is -2.02. The van der Waals surface area contributed by atoms with Gasteiger partial charge < -0.3 is 19.8 Å². The van der Waals surface area contributed by atoms with Crippen LogP contribution in [0.1, 0.15) is 32.3 Å². The molecule has 0 aromatic carbocycles. The van der Waals surface area contributed by atoms with Gasteiger partial charge in [0.1, 0.15) is 5.69 Å². The zero-order chi connectivity index (χ0) is 13.3. The van der Waals surface area contributed by atoms with Crippen molar-refractivity contribution in [1.29, 1.82) is 0 Å². The SMILES string of the molecule is Cc1cc(NC(=O)c2occc2C)c(C(=O)O)[nH]1. The molecule has 0 saturated heterocycles. The second-order valence-electron chi connectivity index (χ2n) is 3.93. The predicted molar refractivity (Wildman–Crippen MR) is 63.9 cm³/mol. The number of H-pyrrole nitrogens is 1. The standard InChI is InChI=1S/C12H12N2O4/c1-6-3-4-18-10(6)11(15)14-8-5-7(2)13-9(8)12(16)17/h3-5,13H,1-2H3,(H,14,15)(H,16,17). The summed E-state index contributed by atoms with van der Waals surface area (Å²) < 4.78 is 5.04. The topological polar surface area (TPSA) is 95.3 Å². The fraction of sp³-hybridized carbons (Fsp3) is 0.167. The van der Waals surface area contributed by atoms with Crippen molar-refractivity contribution in [2.45, 2.75) is 13.8 Å². The number of anilines is 1. The average Bonchev–Trinajstić information content (AvgIpc) is 2.84. The van der Waals surface area contributed by atoms with Gasteiger partial charge in [0.05, 0.1) is 12.0 Å². The molecule has 2 aromatic heterocycles. The van der Waals surface area contributed by atoms with Crippen LogP contribution < -0.4 is 5.32 Å². The van der Waals surface area contributed by atoms with Gasteiger partial charge in [0.15, 0.2) is 5.76 Å². The molecule has 0 fully saturated rings. The maximum absolute atomic E-state index is 11.9. The minimum atomic E-state index is -1.13. The lowest BCUT2D eigenvalue weighted by Crippen LogP contribution is -2.14. The van der Waals surface area contributed by atoms with Gasteiger partial charge in [-0.2, -0.15) is 0 Å². The third-order valence-corrected chi connectivity index (χ3v) is 2.48. The molecule has 0 bridgehead atoms. The molecule has 0 saturated carbocycles. The first kappa shape index (κ1) is 12.0. The molecule has 94 valence electrons. The van der Waals surface area contributed by atoms with E-state index in [1.165, 1.54) is 6.26 Å². The minimum absolute atomic E-state index is 0.0509. The number of carboxylic acids is 1. The summed E-state index contributed by atoms with van der Waals surface area (Å²) in [5.74, 6) is -1.43. The number of amides is 1. The van der Waals surface area contributed by atoms with E-state index in [2.05, 4.69) is 10.3 Å². The molecule has 0 unspecified atom stereocenters. The molecule has 2 heterocycles. The van der Waals surface area contributed by atoms with Gasteiger partial charge in [0, 0.05) is 11.3 Å². The van der Waals surface area contributed by atoms with Crippen LogP contribution in [-0.4, -0.2) is 22.0 Å². The van der Waals surface area contributed by atoms with Crippen molar-refractivity contribution in [2.75, 3.05) is 5.32 Å². The molecule has 0 spiro atoms. The molecule has 0 aliphatic carbocycles. The van der Waals surface area contributed by atoms with Crippen molar-refractivity contribution in [2.24, 2.45) is 0 Å². The predicted octanol–water partition coefficient (Wildman–Crippen LogP) is 2.18. The third kappa shape index (κ3) is 2.13. The number of furan rings is 1. The number of rotatable bonds is 3. The van der Waals surface area contributed by atoms with Crippen molar-refractivity contribution >= 4 is 17.6 Å². The van der Waals surface area contributed by atoms with Crippen LogP contribution in [0.25, 0.3) is 0 Å². The average molecular weight is 248 g/mol. The summed E-state index contributed by atoms with van der Waals surface area (Å²) in [4.78, 5) is 25.5. The quantitative estimate of drug-likeness (QED) is 0.775. The summed E-state index contributed by atoms with van der Waals surface area (Å²) in [5, 5.41) is 11.5. The summed E-state index contributed by atoms with van der Waals surface area (Å²) in [7, 11) is 0.